The molecule has 1 saturated heterocycles. The average Bonchev–Trinajstić information content (AvgIpc) is 2.84. The first-order valence-corrected chi connectivity index (χ1v) is 12.5. The number of anilines is 2. The fourth-order valence-corrected chi connectivity index (χ4v) is 5.47. The number of piperazine rings is 1. The van der Waals surface area contributed by atoms with Crippen LogP contribution in [0, 0.1) is 5.95 Å². The van der Waals surface area contributed by atoms with Crippen LogP contribution in [0.2, 0.25) is 0 Å². The van der Waals surface area contributed by atoms with E-state index in [9.17, 15) is 4.39 Å². The highest BCUT2D eigenvalue weighted by molar-refractivity contribution is 5.82. The summed E-state index contributed by atoms with van der Waals surface area (Å²) in [7, 11) is 0. The fraction of sp³-hybridized carbons (Fsp3) is 0.345. The number of rotatable bonds is 4. The Labute approximate surface area is 207 Å². The Hall–Kier alpha value is -3.38. The van der Waals surface area contributed by atoms with Crippen LogP contribution < -0.4 is 16.0 Å². The Bertz CT molecular complexity index is 1250. The van der Waals surface area contributed by atoms with E-state index in [0.29, 0.717) is 17.6 Å². The summed E-state index contributed by atoms with van der Waals surface area (Å²) in [6.07, 6.45) is 0.912. The van der Waals surface area contributed by atoms with Crippen LogP contribution in [0.1, 0.15) is 31.9 Å². The molecule has 0 saturated carbocycles. The monoisotopic (exact) mass is 471 g/mol. The number of nitrogens with two attached hydrogens (primary N) is 1. The minimum Gasteiger partial charge on any atom is -0.385 e. The van der Waals surface area contributed by atoms with Crippen molar-refractivity contribution in [1.29, 1.82) is 0 Å². The number of aromatic nitrogens is 1. The van der Waals surface area contributed by atoms with Crippen molar-refractivity contribution >= 4 is 17.2 Å². The first kappa shape index (κ1) is 23.4. The van der Waals surface area contributed by atoms with Crippen LogP contribution >= 0.6 is 0 Å². The van der Waals surface area contributed by atoms with Gasteiger partial charge in [0.15, 0.2) is 0 Å². The van der Waals surface area contributed by atoms with Gasteiger partial charge in [-0.25, -0.2) is 4.98 Å². The van der Waals surface area contributed by atoms with Gasteiger partial charge in [0, 0.05) is 66.3 Å². The van der Waals surface area contributed by atoms with Crippen molar-refractivity contribution in [2.45, 2.75) is 39.3 Å². The number of hydrogen-bond acceptors (Lipinski definition) is 5. The van der Waals surface area contributed by atoms with E-state index in [1.165, 1.54) is 5.56 Å². The highest BCUT2D eigenvalue weighted by atomic mass is 19.1. The normalized spacial score (nSPS) is 18.5. The molecule has 0 bridgehead atoms. The lowest BCUT2D eigenvalue weighted by molar-refractivity contribution is 0.148. The number of halogens is 1. The second-order valence-corrected chi connectivity index (χ2v) is 9.96. The number of nitrogen functional groups attached to an aromatic ring is 1. The quantitative estimate of drug-likeness (QED) is 0.514. The molecule has 1 aromatic heterocycles. The van der Waals surface area contributed by atoms with Crippen molar-refractivity contribution in [2.75, 3.05) is 36.8 Å². The van der Waals surface area contributed by atoms with Crippen molar-refractivity contribution in [3.63, 3.8) is 0 Å². The third kappa shape index (κ3) is 4.50. The summed E-state index contributed by atoms with van der Waals surface area (Å²) < 4.78 is 15.0. The molecular weight excluding hydrogens is 437 g/mol. The average molecular weight is 472 g/mol. The van der Waals surface area contributed by atoms with E-state index in [1.807, 2.05) is 24.3 Å². The molecule has 1 atom stereocenters. The third-order valence-electron chi connectivity index (χ3n) is 7.37. The number of nitrogens with zero attached hydrogens (tertiary/aromatic N) is 3. The van der Waals surface area contributed by atoms with Crippen molar-refractivity contribution in [3.05, 3.63) is 72.2 Å². The molecular formula is C29H34FN5. The van der Waals surface area contributed by atoms with Crippen LogP contribution in [0.5, 0.6) is 0 Å². The zero-order valence-corrected chi connectivity index (χ0v) is 20.8. The van der Waals surface area contributed by atoms with E-state index in [2.05, 4.69) is 71.7 Å². The predicted molar refractivity (Wildman–Crippen MR) is 144 cm³/mol. The Kier molecular flexibility index (Phi) is 6.24. The van der Waals surface area contributed by atoms with Crippen molar-refractivity contribution in [2.24, 2.45) is 0 Å². The number of benzene rings is 2. The highest BCUT2D eigenvalue weighted by Crippen LogP contribution is 2.35. The Morgan fingerprint density at radius 1 is 1.03 bits per heavy atom. The maximum Gasteiger partial charge on any atom is 0.222 e. The van der Waals surface area contributed by atoms with Gasteiger partial charge in [0.25, 0.3) is 0 Å². The number of nitrogens with one attached hydrogen (secondary N) is 1. The number of fused-ring (bicyclic) bond motifs is 1. The molecule has 0 radical (unpaired) electrons. The Balaban J connectivity index is 1.42. The molecule has 3 aromatic rings. The number of pyridine rings is 1. The second kappa shape index (κ2) is 9.34. The molecule has 3 N–H and O–H groups in total. The van der Waals surface area contributed by atoms with Crippen LogP contribution in [-0.4, -0.2) is 48.1 Å². The molecule has 35 heavy (non-hydrogen) atoms. The van der Waals surface area contributed by atoms with E-state index in [1.54, 1.807) is 0 Å². The summed E-state index contributed by atoms with van der Waals surface area (Å²) in [4.78, 5) is 9.01. The lowest BCUT2D eigenvalue weighted by atomic mass is 9.93. The van der Waals surface area contributed by atoms with Gasteiger partial charge in [-0.3, -0.25) is 4.90 Å². The highest BCUT2D eigenvalue weighted by Gasteiger charge is 2.25. The van der Waals surface area contributed by atoms with Crippen LogP contribution in [0.4, 0.5) is 15.9 Å². The molecule has 2 aromatic carbocycles. The van der Waals surface area contributed by atoms with Gasteiger partial charge >= 0.3 is 0 Å². The standard InChI is InChI=1S/C29H34FN5/c1-18(2)35-14-13-34(17-19(35)3)24-8-5-21(6-9-24)26-16-27(29(31)33-28(26)30)22-7-10-25-20(4)32-12-11-23(25)15-22/h5-10,15-16,18-19,32H,4,11-14,17H2,1-3H3,(H2,31,33). The van der Waals surface area contributed by atoms with Gasteiger partial charge < -0.3 is 16.0 Å². The molecule has 3 heterocycles. The molecule has 5 rings (SSSR count). The van der Waals surface area contributed by atoms with E-state index < -0.39 is 5.95 Å². The van der Waals surface area contributed by atoms with Crippen LogP contribution in [0.3, 0.4) is 0 Å². The molecule has 182 valence electrons. The minimum atomic E-state index is -0.547. The van der Waals surface area contributed by atoms with Gasteiger partial charge in [0.2, 0.25) is 5.95 Å². The largest absolute Gasteiger partial charge is 0.385 e. The van der Waals surface area contributed by atoms with Crippen LogP contribution in [-0.2, 0) is 6.42 Å². The maximum atomic E-state index is 15.0. The Morgan fingerprint density at radius 3 is 2.49 bits per heavy atom. The van der Waals surface area contributed by atoms with Gasteiger partial charge in [0.1, 0.15) is 5.82 Å². The third-order valence-corrected chi connectivity index (χ3v) is 7.37. The molecule has 1 unspecified atom stereocenters. The fourth-order valence-electron chi connectivity index (χ4n) is 5.47. The molecule has 2 aliphatic heterocycles. The second-order valence-electron chi connectivity index (χ2n) is 9.96. The van der Waals surface area contributed by atoms with E-state index in [4.69, 9.17) is 5.73 Å². The van der Waals surface area contributed by atoms with E-state index in [-0.39, 0.29) is 5.82 Å². The van der Waals surface area contributed by atoms with E-state index >= 15 is 0 Å². The molecule has 5 nitrogen and oxygen atoms in total. The van der Waals surface area contributed by atoms with Gasteiger partial charge in [-0.15, -0.1) is 0 Å². The van der Waals surface area contributed by atoms with Gasteiger partial charge in [-0.05, 0) is 62.1 Å². The summed E-state index contributed by atoms with van der Waals surface area (Å²) in [6, 6.07) is 17.2. The number of hydrogen-bond donors (Lipinski definition) is 2. The molecule has 1 fully saturated rings. The first-order chi connectivity index (χ1) is 16.8. The lowest BCUT2D eigenvalue weighted by Crippen LogP contribution is -2.54. The first-order valence-electron chi connectivity index (χ1n) is 12.5. The van der Waals surface area contributed by atoms with Crippen LogP contribution in [0.25, 0.3) is 28.0 Å². The van der Waals surface area contributed by atoms with Crippen LogP contribution in [0.15, 0.2) is 55.1 Å². The SMILES string of the molecule is C=C1NCCc2cc(-c3cc(-c4ccc(N5CCN(C(C)C)C(C)C5)cc4)c(F)nc3N)ccc21. The van der Waals surface area contributed by atoms with Crippen molar-refractivity contribution < 1.29 is 4.39 Å². The van der Waals surface area contributed by atoms with Gasteiger partial charge in [-0.2, -0.15) is 4.39 Å². The topological polar surface area (TPSA) is 57.4 Å². The zero-order chi connectivity index (χ0) is 24.7. The maximum absolute atomic E-state index is 15.0. The summed E-state index contributed by atoms with van der Waals surface area (Å²) in [5.74, 6) is -0.346. The molecule has 0 amide bonds. The predicted octanol–water partition coefficient (Wildman–Crippen LogP) is 5.17. The smallest absolute Gasteiger partial charge is 0.222 e. The Morgan fingerprint density at radius 2 is 1.77 bits per heavy atom. The molecule has 0 spiro atoms. The summed E-state index contributed by atoms with van der Waals surface area (Å²) >= 11 is 0. The lowest BCUT2D eigenvalue weighted by Gasteiger charge is -2.43. The van der Waals surface area contributed by atoms with Crippen molar-refractivity contribution in [1.82, 2.24) is 15.2 Å². The zero-order valence-electron chi connectivity index (χ0n) is 20.8. The van der Waals surface area contributed by atoms with Gasteiger partial charge in [0.05, 0.1) is 0 Å². The summed E-state index contributed by atoms with van der Waals surface area (Å²) in [6.45, 7) is 14.8. The molecule has 6 heteroatoms. The summed E-state index contributed by atoms with van der Waals surface area (Å²) in [5.41, 5.74) is 13.6. The van der Waals surface area contributed by atoms with E-state index in [0.717, 1.165) is 66.2 Å². The summed E-state index contributed by atoms with van der Waals surface area (Å²) in [5, 5.41) is 3.30. The molecule has 0 aliphatic carbocycles. The molecule has 2 aliphatic rings. The van der Waals surface area contributed by atoms with Gasteiger partial charge in [-0.1, -0.05) is 36.9 Å². The minimum absolute atomic E-state index is 0.201. The van der Waals surface area contributed by atoms with Crippen molar-refractivity contribution in [3.8, 4) is 22.3 Å².